The van der Waals surface area contributed by atoms with Crippen LogP contribution < -0.4 is 20.9 Å². The second-order valence-corrected chi connectivity index (χ2v) is 13.2. The van der Waals surface area contributed by atoms with Crippen molar-refractivity contribution < 1.29 is 28.4 Å². The second-order valence-electron chi connectivity index (χ2n) is 8.66. The van der Waals surface area contributed by atoms with Crippen LogP contribution in [0.5, 0.6) is 5.75 Å². The summed E-state index contributed by atoms with van der Waals surface area (Å²) >= 11 is 18.4. The summed E-state index contributed by atoms with van der Waals surface area (Å²) < 4.78 is 21.9. The molecule has 0 spiro atoms. The van der Waals surface area contributed by atoms with E-state index in [1.165, 1.54) is 13.1 Å². The Kier molecular flexibility index (Phi) is 9.63. The van der Waals surface area contributed by atoms with Gasteiger partial charge in [0.05, 0.1) is 12.7 Å². The number of para-hydroxylation sites is 1. The highest BCUT2D eigenvalue weighted by molar-refractivity contribution is 8.09. The lowest BCUT2D eigenvalue weighted by atomic mass is 10.1. The highest BCUT2D eigenvalue weighted by Crippen LogP contribution is 2.49. The maximum atomic E-state index is 12.4. The Morgan fingerprint density at radius 3 is 2.57 bits per heavy atom. The highest BCUT2D eigenvalue weighted by Gasteiger charge is 2.56. The molecular weight excluding hydrogens is 568 g/mol. The van der Waals surface area contributed by atoms with Gasteiger partial charge in [-0.2, -0.15) is 0 Å². The number of halogens is 2. The topological polar surface area (TPSA) is 141 Å². The van der Waals surface area contributed by atoms with Crippen LogP contribution >= 0.6 is 29.8 Å². The third kappa shape index (κ3) is 7.21. The molecule has 1 fully saturated rings. The van der Waals surface area contributed by atoms with Crippen molar-refractivity contribution in [2.24, 2.45) is 0 Å². The summed E-state index contributed by atoms with van der Waals surface area (Å²) in [5.74, 6) is -0.178. The van der Waals surface area contributed by atoms with Crippen molar-refractivity contribution in [3.05, 3.63) is 62.9 Å². The average Bonchev–Trinajstić information content (AvgIpc) is 3.03. The van der Waals surface area contributed by atoms with E-state index in [0.29, 0.717) is 5.75 Å². The van der Waals surface area contributed by atoms with Crippen LogP contribution in [0.3, 0.4) is 0 Å². The molecule has 1 aromatic heterocycles. The van der Waals surface area contributed by atoms with E-state index in [1.54, 1.807) is 51.1 Å². The molecule has 0 aliphatic carbocycles. The van der Waals surface area contributed by atoms with Gasteiger partial charge in [0.2, 0.25) is 0 Å². The molecule has 3 rings (SSSR count). The Balaban J connectivity index is 1.82. The molecule has 0 radical (unpaired) electrons. The van der Waals surface area contributed by atoms with Crippen molar-refractivity contribution in [2.45, 2.75) is 62.6 Å². The zero-order valence-electron chi connectivity index (χ0n) is 20.4. The number of aromatic amines is 1. The first kappa shape index (κ1) is 29.8. The third-order valence-corrected chi connectivity index (χ3v) is 8.53. The van der Waals surface area contributed by atoms with E-state index in [2.05, 4.69) is 10.1 Å². The zero-order chi connectivity index (χ0) is 27.5. The van der Waals surface area contributed by atoms with Crippen LogP contribution in [0.1, 0.15) is 32.6 Å². The number of carbonyl (C=O) groups is 1. The van der Waals surface area contributed by atoms with Crippen molar-refractivity contribution in [2.75, 3.05) is 6.61 Å². The van der Waals surface area contributed by atoms with Gasteiger partial charge < -0.3 is 23.6 Å². The average molecular weight is 596 g/mol. The minimum atomic E-state index is -3.44. The van der Waals surface area contributed by atoms with Crippen LogP contribution in [0.15, 0.2) is 46.1 Å². The highest BCUT2D eigenvalue weighted by atomic mass is 35.5. The summed E-state index contributed by atoms with van der Waals surface area (Å²) in [6, 6.07) is 7.69. The number of ether oxygens (including phenoxy) is 2. The first-order valence-corrected chi connectivity index (χ1v) is 14.6. The van der Waals surface area contributed by atoms with Crippen molar-refractivity contribution >= 4 is 47.6 Å². The normalized spacial score (nSPS) is 23.4. The number of esters is 1. The van der Waals surface area contributed by atoms with Gasteiger partial charge in [-0.3, -0.25) is 19.1 Å². The SMILES string of the molecule is Cc1cn([C@@H]2O[C@H](CO[P@@](=S)(N[C@@H](C)C(=O)OC(C)C)Oc3ccccc3)[C@@H](O)C2(Cl)Cl)c(=O)[nH]c1=O. The molecular formula is C22H28Cl2N3O8PS. The third-order valence-electron chi connectivity index (χ3n) is 5.21. The molecule has 37 heavy (non-hydrogen) atoms. The van der Waals surface area contributed by atoms with E-state index in [-0.39, 0.29) is 18.3 Å². The zero-order valence-corrected chi connectivity index (χ0v) is 23.6. The molecule has 5 atom stereocenters. The summed E-state index contributed by atoms with van der Waals surface area (Å²) in [4.78, 5) is 38.6. The molecule has 11 nitrogen and oxygen atoms in total. The molecule has 1 aliphatic heterocycles. The van der Waals surface area contributed by atoms with E-state index in [9.17, 15) is 19.5 Å². The largest absolute Gasteiger partial charge is 0.462 e. The first-order chi connectivity index (χ1) is 17.2. The Morgan fingerprint density at radius 2 is 1.95 bits per heavy atom. The van der Waals surface area contributed by atoms with Gasteiger partial charge in [-0.1, -0.05) is 41.4 Å². The van der Waals surface area contributed by atoms with Crippen LogP contribution in [-0.4, -0.2) is 55.9 Å². The number of benzene rings is 1. The van der Waals surface area contributed by atoms with Crippen molar-refractivity contribution in [1.29, 1.82) is 0 Å². The van der Waals surface area contributed by atoms with Gasteiger partial charge in [0.15, 0.2) is 10.6 Å². The number of aryl methyl sites for hydroxylation is 1. The standard InChI is InChI=1S/C22H28Cl2N3O8PS/c1-12(2)33-19(30)14(4)26-36(37,35-15-8-6-5-7-9-15)32-11-16-17(28)22(23,24)20(34-16)27-10-13(3)18(29)25-21(27)31/h5-10,12,14,16-17,20,28H,11H2,1-4H3,(H,26,37)(H,25,29,31)/t14-,16+,17+,20+,36-/m0/s1. The number of H-pyrrole nitrogens is 1. The maximum Gasteiger partial charge on any atom is 0.330 e. The van der Waals surface area contributed by atoms with E-state index in [4.69, 9.17) is 53.5 Å². The van der Waals surface area contributed by atoms with E-state index in [1.807, 2.05) is 0 Å². The monoisotopic (exact) mass is 595 g/mol. The lowest BCUT2D eigenvalue weighted by molar-refractivity contribution is -0.149. The molecule has 1 aliphatic rings. The van der Waals surface area contributed by atoms with Gasteiger partial charge in [-0.15, -0.1) is 0 Å². The predicted molar refractivity (Wildman–Crippen MR) is 142 cm³/mol. The number of aromatic nitrogens is 2. The van der Waals surface area contributed by atoms with Gasteiger partial charge in [0.1, 0.15) is 24.0 Å². The maximum absolute atomic E-state index is 12.4. The number of aliphatic hydroxyl groups is 1. The number of nitrogens with zero attached hydrogens (tertiary/aromatic N) is 1. The first-order valence-electron chi connectivity index (χ1n) is 11.2. The number of aliphatic hydroxyl groups excluding tert-OH is 1. The van der Waals surface area contributed by atoms with Gasteiger partial charge in [-0.25, -0.2) is 9.88 Å². The van der Waals surface area contributed by atoms with Crippen LogP contribution in [0.2, 0.25) is 0 Å². The van der Waals surface area contributed by atoms with Crippen LogP contribution in [0, 0.1) is 6.92 Å². The Hall–Kier alpha value is -1.76. The minimum Gasteiger partial charge on any atom is -0.462 e. The summed E-state index contributed by atoms with van der Waals surface area (Å²) in [5, 5.41) is 13.7. The molecule has 0 unspecified atom stereocenters. The number of alkyl halides is 2. The number of carbonyl (C=O) groups excluding carboxylic acids is 1. The molecule has 204 valence electrons. The molecule has 3 N–H and O–H groups in total. The van der Waals surface area contributed by atoms with E-state index < -0.39 is 52.7 Å². The van der Waals surface area contributed by atoms with Crippen molar-refractivity contribution in [1.82, 2.24) is 14.6 Å². The van der Waals surface area contributed by atoms with Gasteiger partial charge in [0.25, 0.3) is 5.56 Å². The lowest BCUT2D eigenvalue weighted by Crippen LogP contribution is -2.42. The van der Waals surface area contributed by atoms with Crippen LogP contribution in [0.4, 0.5) is 0 Å². The smallest absolute Gasteiger partial charge is 0.330 e. The molecule has 1 saturated heterocycles. The summed E-state index contributed by atoms with van der Waals surface area (Å²) in [5.41, 5.74) is -1.19. The summed E-state index contributed by atoms with van der Waals surface area (Å²) in [7, 11) is 0. The molecule has 2 aromatic rings. The fourth-order valence-electron chi connectivity index (χ4n) is 3.37. The Morgan fingerprint density at radius 1 is 1.30 bits per heavy atom. The predicted octanol–water partition coefficient (Wildman–Crippen LogP) is 2.53. The summed E-state index contributed by atoms with van der Waals surface area (Å²) in [6.45, 7) is 2.66. The number of hydrogen-bond acceptors (Lipinski definition) is 9. The van der Waals surface area contributed by atoms with Crippen LogP contribution in [-0.2, 0) is 30.6 Å². The molecule has 0 saturated carbocycles. The van der Waals surface area contributed by atoms with Crippen LogP contribution in [0.25, 0.3) is 0 Å². The lowest BCUT2D eigenvalue weighted by Gasteiger charge is -2.28. The second kappa shape index (κ2) is 12.0. The Bertz CT molecular complexity index is 1270. The van der Waals surface area contributed by atoms with E-state index >= 15 is 0 Å². The Labute approximate surface area is 228 Å². The van der Waals surface area contributed by atoms with Crippen molar-refractivity contribution in [3.8, 4) is 5.75 Å². The molecule has 1 aromatic carbocycles. The minimum absolute atomic E-state index is 0.208. The van der Waals surface area contributed by atoms with Crippen molar-refractivity contribution in [3.63, 3.8) is 0 Å². The fourth-order valence-corrected chi connectivity index (χ4v) is 6.38. The van der Waals surface area contributed by atoms with E-state index in [0.717, 1.165) is 4.57 Å². The molecule has 2 heterocycles. The van der Waals surface area contributed by atoms with Gasteiger partial charge in [-0.05, 0) is 51.6 Å². The summed E-state index contributed by atoms with van der Waals surface area (Å²) in [6.07, 6.45) is -3.15. The number of rotatable bonds is 10. The molecule has 0 amide bonds. The molecule has 15 heteroatoms. The number of nitrogens with one attached hydrogen (secondary N) is 2. The molecule has 0 bridgehead atoms. The van der Waals surface area contributed by atoms with Gasteiger partial charge in [0, 0.05) is 11.8 Å². The van der Waals surface area contributed by atoms with Gasteiger partial charge >= 0.3 is 18.3 Å². The fraction of sp³-hybridized carbons (Fsp3) is 0.500. The number of hydrogen-bond donors (Lipinski definition) is 3. The quantitative estimate of drug-likeness (QED) is 0.213.